The molecule has 3 rings (SSSR count). The molecule has 0 amide bonds. The average molecular weight is 282 g/mol. The molecule has 0 saturated carbocycles. The maximum atomic E-state index is 13.2. The van der Waals surface area contributed by atoms with Gasteiger partial charge >= 0.3 is 6.29 Å². The van der Waals surface area contributed by atoms with Crippen molar-refractivity contribution in [1.82, 2.24) is 10.2 Å². The second-order valence-corrected chi connectivity index (χ2v) is 4.81. The number of fused-ring (bicyclic) bond motifs is 1. The van der Waals surface area contributed by atoms with Gasteiger partial charge in [-0.2, -0.15) is 0 Å². The Morgan fingerprint density at radius 2 is 2.05 bits per heavy atom. The van der Waals surface area contributed by atoms with E-state index in [4.69, 9.17) is 0 Å². The third-order valence-corrected chi connectivity index (χ3v) is 3.55. The second kappa shape index (κ2) is 5.03. The molecule has 0 unspecified atom stereocenters. The minimum absolute atomic E-state index is 0.0782. The topological polar surface area (TPSA) is 33.7 Å². The molecule has 1 N–H and O–H groups in total. The summed E-state index contributed by atoms with van der Waals surface area (Å²) in [5.74, 6) is 0.190. The number of nitrogens with zero attached hydrogens (tertiary/aromatic N) is 1. The van der Waals surface area contributed by atoms with Gasteiger partial charge in [0, 0.05) is 31.7 Å². The summed E-state index contributed by atoms with van der Waals surface area (Å²) in [6.07, 6.45) is -1.84. The zero-order valence-electron chi connectivity index (χ0n) is 10.9. The number of halogens is 2. The highest BCUT2D eigenvalue weighted by Crippen LogP contribution is 2.46. The van der Waals surface area contributed by atoms with Gasteiger partial charge in [0.05, 0.1) is 6.04 Å². The van der Waals surface area contributed by atoms with Crippen molar-refractivity contribution in [2.45, 2.75) is 12.3 Å². The minimum Gasteiger partial charge on any atom is -0.395 e. The maximum Gasteiger partial charge on any atom is 0.586 e. The molecule has 2 heterocycles. The van der Waals surface area contributed by atoms with E-state index >= 15 is 0 Å². The maximum absolute atomic E-state index is 13.2. The Morgan fingerprint density at radius 1 is 1.30 bits per heavy atom. The van der Waals surface area contributed by atoms with E-state index in [1.807, 2.05) is 0 Å². The molecule has 1 aromatic carbocycles. The Labute approximate surface area is 116 Å². The Kier molecular flexibility index (Phi) is 3.35. The molecule has 0 aliphatic carbocycles. The number of rotatable bonds is 3. The number of piperazine rings is 1. The van der Waals surface area contributed by atoms with Crippen LogP contribution in [-0.4, -0.2) is 37.4 Å². The molecule has 0 aromatic heterocycles. The normalized spacial score (nSPS) is 22.5. The van der Waals surface area contributed by atoms with E-state index in [1.165, 1.54) is 6.07 Å². The molecule has 2 aliphatic heterocycles. The van der Waals surface area contributed by atoms with E-state index in [9.17, 15) is 8.78 Å². The number of ether oxygens (including phenoxy) is 2. The highest BCUT2D eigenvalue weighted by Gasteiger charge is 2.45. The molecular formula is C14H16F2N2O2. The predicted molar refractivity (Wildman–Crippen MR) is 70.0 cm³/mol. The SMILES string of the molecule is C=C[C@H](c1cccc2c1OC(F)(F)O2)N1CCNCC1. The fraction of sp³-hybridized carbons (Fsp3) is 0.429. The van der Waals surface area contributed by atoms with Gasteiger partial charge in [-0.05, 0) is 6.07 Å². The van der Waals surface area contributed by atoms with Crippen LogP contribution in [0.3, 0.4) is 0 Å². The van der Waals surface area contributed by atoms with E-state index < -0.39 is 6.29 Å². The van der Waals surface area contributed by atoms with Crippen molar-refractivity contribution in [3.05, 3.63) is 36.4 Å². The number of para-hydroxylation sites is 1. The average Bonchev–Trinajstić information content (AvgIpc) is 2.75. The Balaban J connectivity index is 1.93. The third-order valence-electron chi connectivity index (χ3n) is 3.55. The number of benzene rings is 1. The molecule has 2 aliphatic rings. The van der Waals surface area contributed by atoms with Crippen LogP contribution in [-0.2, 0) is 0 Å². The third kappa shape index (κ3) is 2.36. The summed E-state index contributed by atoms with van der Waals surface area (Å²) in [5.41, 5.74) is 0.663. The summed E-state index contributed by atoms with van der Waals surface area (Å²) in [5, 5.41) is 3.26. The first-order valence-electron chi connectivity index (χ1n) is 6.57. The van der Waals surface area contributed by atoms with Crippen molar-refractivity contribution < 1.29 is 18.3 Å². The van der Waals surface area contributed by atoms with Crippen LogP contribution >= 0.6 is 0 Å². The van der Waals surface area contributed by atoms with Gasteiger partial charge in [-0.1, -0.05) is 18.2 Å². The van der Waals surface area contributed by atoms with Crippen molar-refractivity contribution in [1.29, 1.82) is 0 Å². The molecule has 1 atom stereocenters. The summed E-state index contributed by atoms with van der Waals surface area (Å²) >= 11 is 0. The lowest BCUT2D eigenvalue weighted by atomic mass is 10.0. The van der Waals surface area contributed by atoms with Gasteiger partial charge in [-0.15, -0.1) is 15.4 Å². The lowest BCUT2D eigenvalue weighted by Gasteiger charge is -2.33. The van der Waals surface area contributed by atoms with Crippen LogP contribution in [0.25, 0.3) is 0 Å². The molecule has 0 bridgehead atoms. The Bertz CT molecular complexity index is 516. The lowest BCUT2D eigenvalue weighted by Crippen LogP contribution is -2.44. The van der Waals surface area contributed by atoms with Crippen molar-refractivity contribution >= 4 is 0 Å². The van der Waals surface area contributed by atoms with E-state index in [0.717, 1.165) is 26.2 Å². The van der Waals surface area contributed by atoms with Gasteiger partial charge in [0.15, 0.2) is 11.5 Å². The zero-order chi connectivity index (χ0) is 14.2. The van der Waals surface area contributed by atoms with Gasteiger partial charge < -0.3 is 14.8 Å². The van der Waals surface area contributed by atoms with E-state index in [0.29, 0.717) is 5.56 Å². The van der Waals surface area contributed by atoms with Crippen LogP contribution in [0.1, 0.15) is 11.6 Å². The largest absolute Gasteiger partial charge is 0.586 e. The van der Waals surface area contributed by atoms with Crippen LogP contribution in [0.15, 0.2) is 30.9 Å². The molecule has 0 radical (unpaired) electrons. The van der Waals surface area contributed by atoms with E-state index in [1.54, 1.807) is 18.2 Å². The monoisotopic (exact) mass is 282 g/mol. The van der Waals surface area contributed by atoms with Gasteiger partial charge in [-0.25, -0.2) is 0 Å². The molecule has 4 nitrogen and oxygen atoms in total. The quantitative estimate of drug-likeness (QED) is 0.861. The highest BCUT2D eigenvalue weighted by atomic mass is 19.3. The molecule has 6 heteroatoms. The van der Waals surface area contributed by atoms with Crippen LogP contribution < -0.4 is 14.8 Å². The molecule has 1 fully saturated rings. The summed E-state index contributed by atoms with van der Waals surface area (Å²) in [6, 6.07) is 4.79. The van der Waals surface area contributed by atoms with Crippen LogP contribution in [0.5, 0.6) is 11.5 Å². The summed E-state index contributed by atoms with van der Waals surface area (Å²) in [4.78, 5) is 2.18. The standard InChI is InChI=1S/C14H16F2N2O2/c1-2-11(18-8-6-17-7-9-18)10-4-3-5-12-13(10)20-14(15,16)19-12/h2-5,11,17H,1,6-9H2/t11-/m1/s1. The number of nitrogens with one attached hydrogen (secondary N) is 1. The number of alkyl halides is 2. The van der Waals surface area contributed by atoms with E-state index in [2.05, 4.69) is 26.3 Å². The van der Waals surface area contributed by atoms with Gasteiger partial charge in [0.1, 0.15) is 0 Å². The number of hydrogen-bond donors (Lipinski definition) is 1. The molecule has 20 heavy (non-hydrogen) atoms. The second-order valence-electron chi connectivity index (χ2n) is 4.81. The smallest absolute Gasteiger partial charge is 0.395 e. The van der Waals surface area contributed by atoms with Crippen molar-refractivity contribution in [3.8, 4) is 11.5 Å². The van der Waals surface area contributed by atoms with Crippen molar-refractivity contribution in [3.63, 3.8) is 0 Å². The van der Waals surface area contributed by atoms with Crippen LogP contribution in [0.4, 0.5) is 8.78 Å². The first kappa shape index (κ1) is 13.3. The summed E-state index contributed by atoms with van der Waals surface area (Å²) < 4.78 is 35.6. The first-order chi connectivity index (χ1) is 9.61. The molecule has 108 valence electrons. The fourth-order valence-corrected chi connectivity index (χ4v) is 2.66. The van der Waals surface area contributed by atoms with Crippen LogP contribution in [0.2, 0.25) is 0 Å². The zero-order valence-corrected chi connectivity index (χ0v) is 10.9. The minimum atomic E-state index is -3.59. The van der Waals surface area contributed by atoms with Crippen molar-refractivity contribution in [2.24, 2.45) is 0 Å². The summed E-state index contributed by atoms with van der Waals surface area (Å²) in [7, 11) is 0. The molecule has 0 spiro atoms. The highest BCUT2D eigenvalue weighted by molar-refractivity contribution is 5.51. The first-order valence-corrected chi connectivity index (χ1v) is 6.57. The Morgan fingerprint density at radius 3 is 2.75 bits per heavy atom. The molecule has 1 aromatic rings. The number of hydrogen-bond acceptors (Lipinski definition) is 4. The lowest BCUT2D eigenvalue weighted by molar-refractivity contribution is -0.287. The van der Waals surface area contributed by atoms with Gasteiger partial charge in [0.2, 0.25) is 0 Å². The molecule has 1 saturated heterocycles. The molecular weight excluding hydrogens is 266 g/mol. The van der Waals surface area contributed by atoms with E-state index in [-0.39, 0.29) is 17.5 Å². The van der Waals surface area contributed by atoms with Gasteiger partial charge in [0.25, 0.3) is 0 Å². The fourth-order valence-electron chi connectivity index (χ4n) is 2.66. The predicted octanol–water partition coefficient (Wildman–Crippen LogP) is 2.14. The van der Waals surface area contributed by atoms with Crippen LogP contribution in [0, 0.1) is 0 Å². The van der Waals surface area contributed by atoms with Gasteiger partial charge in [-0.3, -0.25) is 4.90 Å². The summed E-state index contributed by atoms with van der Waals surface area (Å²) in [6.45, 7) is 7.23. The van der Waals surface area contributed by atoms with Crippen molar-refractivity contribution in [2.75, 3.05) is 26.2 Å². The Hall–Kier alpha value is -1.66.